The second kappa shape index (κ2) is 9.75. The molecular formula is C25H25ClN2O3. The Hall–Kier alpha value is -3.18. The van der Waals surface area contributed by atoms with Crippen LogP contribution in [0.4, 0.5) is 10.5 Å². The molecule has 1 saturated heterocycles. The molecule has 2 amide bonds. The molecule has 0 aliphatic carbocycles. The molecule has 4 rings (SSSR count). The van der Waals surface area contributed by atoms with Crippen LogP contribution in [0.2, 0.25) is 5.02 Å². The molecule has 1 atom stereocenters. The number of amides is 2. The third kappa shape index (κ3) is 5.12. The smallest absolute Gasteiger partial charge is 0.322 e. The number of hydrogen-bond donors (Lipinski definition) is 1. The van der Waals surface area contributed by atoms with E-state index in [0.29, 0.717) is 29.7 Å². The predicted molar refractivity (Wildman–Crippen MR) is 123 cm³/mol. The maximum absolute atomic E-state index is 12.6. The van der Waals surface area contributed by atoms with Crippen molar-refractivity contribution in [1.82, 2.24) is 5.32 Å². The quantitative estimate of drug-likeness (QED) is 0.405. The Labute approximate surface area is 187 Å². The molecule has 5 nitrogen and oxygen atoms in total. The zero-order valence-corrected chi connectivity index (χ0v) is 18.1. The molecular weight excluding hydrogens is 412 g/mol. The van der Waals surface area contributed by atoms with Gasteiger partial charge < -0.3 is 14.8 Å². The topological polar surface area (TPSA) is 50.8 Å². The highest BCUT2D eigenvalue weighted by atomic mass is 35.5. The summed E-state index contributed by atoms with van der Waals surface area (Å²) in [5.74, 6) is 2.22. The van der Waals surface area contributed by atoms with E-state index in [4.69, 9.17) is 21.1 Å². The number of halogens is 1. The Morgan fingerprint density at radius 2 is 1.71 bits per heavy atom. The third-order valence-electron chi connectivity index (χ3n) is 5.15. The van der Waals surface area contributed by atoms with Crippen molar-refractivity contribution in [2.24, 2.45) is 0 Å². The zero-order valence-electron chi connectivity index (χ0n) is 17.4. The minimum atomic E-state index is -0.117. The number of rotatable bonds is 8. The van der Waals surface area contributed by atoms with Crippen LogP contribution in [0.5, 0.6) is 17.2 Å². The molecule has 0 spiro atoms. The maximum atomic E-state index is 12.6. The van der Waals surface area contributed by atoms with Crippen molar-refractivity contribution in [2.45, 2.75) is 25.8 Å². The first kappa shape index (κ1) is 21.1. The van der Waals surface area contributed by atoms with Crippen molar-refractivity contribution in [3.8, 4) is 17.2 Å². The van der Waals surface area contributed by atoms with Gasteiger partial charge in [-0.2, -0.15) is 0 Å². The summed E-state index contributed by atoms with van der Waals surface area (Å²) in [6, 6.07) is 22.5. The van der Waals surface area contributed by atoms with Crippen molar-refractivity contribution >= 4 is 23.3 Å². The average Bonchev–Trinajstić information content (AvgIpc) is 3.18. The molecule has 0 saturated carbocycles. The summed E-state index contributed by atoms with van der Waals surface area (Å²) in [6.07, 6.45) is 2.11. The van der Waals surface area contributed by atoms with Crippen LogP contribution in [0.25, 0.3) is 0 Å². The number of hydrogen-bond acceptors (Lipinski definition) is 3. The summed E-state index contributed by atoms with van der Waals surface area (Å²) >= 11 is 5.92. The molecule has 1 heterocycles. The van der Waals surface area contributed by atoms with Crippen LogP contribution in [-0.2, 0) is 0 Å². The summed E-state index contributed by atoms with van der Waals surface area (Å²) in [4.78, 5) is 14.4. The first-order chi connectivity index (χ1) is 15.1. The van der Waals surface area contributed by atoms with Gasteiger partial charge in [-0.15, -0.1) is 0 Å². The second-order valence-electron chi connectivity index (χ2n) is 7.40. The van der Waals surface area contributed by atoms with E-state index in [1.54, 1.807) is 17.0 Å². The van der Waals surface area contributed by atoms with Crippen molar-refractivity contribution in [3.05, 3.63) is 83.4 Å². The SMILES string of the molecule is CCCCOc1cccc(C2CNC(=O)N2c2ccc(Oc3ccc(Cl)cc3)cc2)c1. The van der Waals surface area contributed by atoms with E-state index >= 15 is 0 Å². The number of benzene rings is 3. The second-order valence-corrected chi connectivity index (χ2v) is 7.83. The molecule has 0 radical (unpaired) electrons. The standard InChI is InChI=1S/C25H25ClN2O3/c1-2-3-15-30-23-6-4-5-18(16-23)24-17-27-25(29)28(24)20-9-13-22(14-10-20)31-21-11-7-19(26)8-12-21/h4-14,16,24H,2-3,15,17H2,1H3,(H,27,29). The van der Waals surface area contributed by atoms with Crippen molar-refractivity contribution in [3.63, 3.8) is 0 Å². The average molecular weight is 437 g/mol. The summed E-state index contributed by atoms with van der Waals surface area (Å²) in [5, 5.41) is 3.61. The molecule has 0 bridgehead atoms. The molecule has 160 valence electrons. The lowest BCUT2D eigenvalue weighted by Gasteiger charge is -2.24. The molecule has 1 unspecified atom stereocenters. The van der Waals surface area contributed by atoms with Gasteiger partial charge in [0.25, 0.3) is 0 Å². The Kier molecular flexibility index (Phi) is 6.63. The summed E-state index contributed by atoms with van der Waals surface area (Å²) in [6.45, 7) is 3.38. The Morgan fingerprint density at radius 3 is 2.42 bits per heavy atom. The van der Waals surface area contributed by atoms with E-state index in [2.05, 4.69) is 12.2 Å². The fraction of sp³-hybridized carbons (Fsp3) is 0.240. The van der Waals surface area contributed by atoms with E-state index in [0.717, 1.165) is 29.8 Å². The van der Waals surface area contributed by atoms with Crippen LogP contribution in [0.1, 0.15) is 31.4 Å². The van der Waals surface area contributed by atoms with E-state index in [1.807, 2.05) is 60.7 Å². The van der Waals surface area contributed by atoms with E-state index in [-0.39, 0.29) is 12.1 Å². The van der Waals surface area contributed by atoms with Crippen LogP contribution >= 0.6 is 11.6 Å². The van der Waals surface area contributed by atoms with Crippen molar-refractivity contribution in [1.29, 1.82) is 0 Å². The van der Waals surface area contributed by atoms with Gasteiger partial charge in [0.2, 0.25) is 0 Å². The zero-order chi connectivity index (χ0) is 21.6. The Morgan fingerprint density at radius 1 is 1.00 bits per heavy atom. The molecule has 1 aliphatic rings. The Balaban J connectivity index is 1.50. The van der Waals surface area contributed by atoms with Crippen LogP contribution in [0.3, 0.4) is 0 Å². The normalized spacial score (nSPS) is 15.6. The van der Waals surface area contributed by atoms with Gasteiger partial charge >= 0.3 is 6.03 Å². The predicted octanol–water partition coefficient (Wildman–Crippen LogP) is 6.58. The lowest BCUT2D eigenvalue weighted by molar-refractivity contribution is 0.251. The third-order valence-corrected chi connectivity index (χ3v) is 5.40. The summed E-state index contributed by atoms with van der Waals surface area (Å²) in [7, 11) is 0. The molecule has 31 heavy (non-hydrogen) atoms. The fourth-order valence-corrected chi connectivity index (χ4v) is 3.65. The lowest BCUT2D eigenvalue weighted by atomic mass is 10.1. The molecule has 1 aliphatic heterocycles. The van der Waals surface area contributed by atoms with Gasteiger partial charge in [-0.25, -0.2) is 4.79 Å². The fourth-order valence-electron chi connectivity index (χ4n) is 3.53. The molecule has 3 aromatic carbocycles. The number of carbonyl (C=O) groups excluding carboxylic acids is 1. The molecule has 6 heteroatoms. The van der Waals surface area contributed by atoms with Crippen LogP contribution in [-0.4, -0.2) is 19.2 Å². The van der Waals surface area contributed by atoms with Crippen molar-refractivity contribution in [2.75, 3.05) is 18.1 Å². The highest BCUT2D eigenvalue weighted by Crippen LogP contribution is 2.33. The van der Waals surface area contributed by atoms with E-state index in [9.17, 15) is 4.79 Å². The number of ether oxygens (including phenoxy) is 2. The first-order valence-corrected chi connectivity index (χ1v) is 10.8. The number of urea groups is 1. The van der Waals surface area contributed by atoms with Gasteiger partial charge in [0, 0.05) is 17.3 Å². The highest BCUT2D eigenvalue weighted by molar-refractivity contribution is 6.30. The van der Waals surface area contributed by atoms with E-state index in [1.165, 1.54) is 0 Å². The number of anilines is 1. The minimum absolute atomic E-state index is 0.106. The van der Waals surface area contributed by atoms with E-state index < -0.39 is 0 Å². The minimum Gasteiger partial charge on any atom is -0.494 e. The molecule has 0 aromatic heterocycles. The van der Waals surface area contributed by atoms with Gasteiger partial charge in [-0.1, -0.05) is 37.1 Å². The maximum Gasteiger partial charge on any atom is 0.322 e. The first-order valence-electron chi connectivity index (χ1n) is 10.5. The monoisotopic (exact) mass is 436 g/mol. The van der Waals surface area contributed by atoms with Gasteiger partial charge in [0.05, 0.1) is 12.6 Å². The highest BCUT2D eigenvalue weighted by Gasteiger charge is 2.33. The molecule has 3 aromatic rings. The molecule has 1 N–H and O–H groups in total. The number of nitrogens with one attached hydrogen (secondary N) is 1. The summed E-state index contributed by atoms with van der Waals surface area (Å²) < 4.78 is 11.7. The van der Waals surface area contributed by atoms with Crippen LogP contribution < -0.4 is 19.7 Å². The molecule has 1 fully saturated rings. The van der Waals surface area contributed by atoms with Gasteiger partial charge in [0.15, 0.2) is 0 Å². The number of carbonyl (C=O) groups is 1. The van der Waals surface area contributed by atoms with Crippen LogP contribution in [0.15, 0.2) is 72.8 Å². The van der Waals surface area contributed by atoms with Gasteiger partial charge in [-0.3, -0.25) is 4.90 Å². The summed E-state index contributed by atoms with van der Waals surface area (Å²) in [5.41, 5.74) is 1.84. The van der Waals surface area contributed by atoms with Gasteiger partial charge in [-0.05, 0) is 72.6 Å². The number of unbranched alkanes of at least 4 members (excludes halogenated alkanes) is 1. The van der Waals surface area contributed by atoms with Gasteiger partial charge in [0.1, 0.15) is 17.2 Å². The lowest BCUT2D eigenvalue weighted by Crippen LogP contribution is -2.29. The Bertz CT molecular complexity index is 1020. The van der Waals surface area contributed by atoms with Crippen molar-refractivity contribution < 1.29 is 14.3 Å². The van der Waals surface area contributed by atoms with Crippen LogP contribution in [0, 0.1) is 0 Å². The largest absolute Gasteiger partial charge is 0.494 e. The number of nitrogens with zero attached hydrogens (tertiary/aromatic N) is 1.